The van der Waals surface area contributed by atoms with E-state index in [0.29, 0.717) is 11.7 Å². The van der Waals surface area contributed by atoms with E-state index >= 15 is 0 Å². The molecule has 5 rings (SSSR count). The van der Waals surface area contributed by atoms with Gasteiger partial charge in [0.15, 0.2) is 11.0 Å². The molecule has 0 atom stereocenters. The zero-order valence-electron chi connectivity index (χ0n) is 19.7. The fourth-order valence-electron chi connectivity index (χ4n) is 4.49. The number of aromatic nitrogens is 3. The predicted octanol–water partition coefficient (Wildman–Crippen LogP) is 5.42. The van der Waals surface area contributed by atoms with Gasteiger partial charge in [-0.05, 0) is 66.6 Å². The second-order valence-electron chi connectivity index (χ2n) is 8.57. The number of aryl methyl sites for hydroxylation is 3. The number of nitrogens with one attached hydrogen (secondary N) is 1. The molecule has 1 amide bonds. The van der Waals surface area contributed by atoms with Crippen LogP contribution in [0.3, 0.4) is 0 Å². The van der Waals surface area contributed by atoms with Gasteiger partial charge in [-0.15, -0.1) is 10.2 Å². The highest BCUT2D eigenvalue weighted by Gasteiger charge is 2.19. The molecule has 1 N–H and O–H groups in total. The van der Waals surface area contributed by atoms with Gasteiger partial charge in [-0.1, -0.05) is 60.3 Å². The molecule has 178 valence electrons. The van der Waals surface area contributed by atoms with Crippen molar-refractivity contribution in [3.63, 3.8) is 0 Å². The van der Waals surface area contributed by atoms with Crippen LogP contribution in [0.4, 0.5) is 5.69 Å². The Morgan fingerprint density at radius 3 is 2.66 bits per heavy atom. The minimum Gasteiger partial charge on any atom is -0.496 e. The summed E-state index contributed by atoms with van der Waals surface area (Å²) >= 11 is 1.40. The van der Waals surface area contributed by atoms with Crippen LogP contribution in [0.1, 0.15) is 23.1 Å². The van der Waals surface area contributed by atoms with Crippen LogP contribution in [0, 0.1) is 0 Å². The molecule has 0 saturated heterocycles. The fraction of sp³-hybridized carbons (Fsp3) is 0.250. The van der Waals surface area contributed by atoms with Crippen LogP contribution in [0.25, 0.3) is 11.4 Å². The molecule has 3 aromatic carbocycles. The number of rotatable bonds is 9. The SMILES string of the molecule is COc1ccccc1-c1nnc(SCC(=O)Nc2ccc3c(c2)CCC3)n1CCc1ccccc1. The molecular weight excluding hydrogens is 456 g/mol. The maximum atomic E-state index is 12.7. The predicted molar refractivity (Wildman–Crippen MR) is 140 cm³/mol. The largest absolute Gasteiger partial charge is 0.496 e. The van der Waals surface area contributed by atoms with Crippen LogP contribution in [-0.2, 0) is 30.6 Å². The Labute approximate surface area is 209 Å². The van der Waals surface area contributed by atoms with Crippen molar-refractivity contribution in [2.45, 2.75) is 37.4 Å². The minimum atomic E-state index is -0.0515. The zero-order chi connectivity index (χ0) is 24.0. The molecule has 1 aromatic heterocycles. The lowest BCUT2D eigenvalue weighted by Crippen LogP contribution is -2.15. The number of amides is 1. The van der Waals surface area contributed by atoms with Crippen LogP contribution < -0.4 is 10.1 Å². The van der Waals surface area contributed by atoms with Gasteiger partial charge in [0, 0.05) is 12.2 Å². The van der Waals surface area contributed by atoms with Crippen molar-refractivity contribution in [3.8, 4) is 17.1 Å². The molecule has 7 heteroatoms. The third-order valence-corrected chi connectivity index (χ3v) is 7.21. The van der Waals surface area contributed by atoms with Crippen molar-refractivity contribution in [3.05, 3.63) is 89.5 Å². The first-order valence-electron chi connectivity index (χ1n) is 11.9. The number of thioether (sulfide) groups is 1. The fourth-order valence-corrected chi connectivity index (χ4v) is 5.25. The van der Waals surface area contributed by atoms with E-state index in [9.17, 15) is 4.79 Å². The Kier molecular flexibility index (Phi) is 7.14. The van der Waals surface area contributed by atoms with Crippen molar-refractivity contribution < 1.29 is 9.53 Å². The Balaban J connectivity index is 1.33. The van der Waals surface area contributed by atoms with Gasteiger partial charge in [0.2, 0.25) is 5.91 Å². The second kappa shape index (κ2) is 10.8. The molecule has 1 aliphatic rings. The average molecular weight is 485 g/mol. The Hall–Kier alpha value is -3.58. The van der Waals surface area contributed by atoms with Gasteiger partial charge in [0.1, 0.15) is 5.75 Å². The normalized spacial score (nSPS) is 12.4. The highest BCUT2D eigenvalue weighted by atomic mass is 32.2. The van der Waals surface area contributed by atoms with Crippen molar-refractivity contribution in [2.24, 2.45) is 0 Å². The number of benzene rings is 3. The first kappa shape index (κ1) is 23.2. The summed E-state index contributed by atoms with van der Waals surface area (Å²) in [5.74, 6) is 1.68. The number of para-hydroxylation sites is 1. The number of methoxy groups -OCH3 is 1. The van der Waals surface area contributed by atoms with E-state index in [4.69, 9.17) is 4.74 Å². The monoisotopic (exact) mass is 484 g/mol. The van der Waals surface area contributed by atoms with Crippen LogP contribution in [-0.4, -0.2) is 33.5 Å². The third kappa shape index (κ3) is 5.41. The van der Waals surface area contributed by atoms with Crippen molar-refractivity contribution in [2.75, 3.05) is 18.2 Å². The second-order valence-corrected chi connectivity index (χ2v) is 9.51. The summed E-state index contributed by atoms with van der Waals surface area (Å²) in [5.41, 5.74) is 5.71. The molecule has 0 spiro atoms. The number of fused-ring (bicyclic) bond motifs is 1. The molecule has 1 aliphatic carbocycles. The van der Waals surface area contributed by atoms with Gasteiger partial charge in [0.05, 0.1) is 18.4 Å². The summed E-state index contributed by atoms with van der Waals surface area (Å²) in [4.78, 5) is 12.7. The Bertz CT molecular complexity index is 1320. The number of carbonyl (C=O) groups is 1. The molecular formula is C28H28N4O2S. The Morgan fingerprint density at radius 2 is 1.80 bits per heavy atom. The molecule has 4 aromatic rings. The van der Waals surface area contributed by atoms with Gasteiger partial charge in [-0.2, -0.15) is 0 Å². The molecule has 0 bridgehead atoms. The molecule has 0 fully saturated rings. The molecule has 6 nitrogen and oxygen atoms in total. The first-order chi connectivity index (χ1) is 17.2. The summed E-state index contributed by atoms with van der Waals surface area (Å²) in [6.45, 7) is 0.694. The number of hydrogen-bond donors (Lipinski definition) is 1. The van der Waals surface area contributed by atoms with Crippen molar-refractivity contribution in [1.82, 2.24) is 14.8 Å². The summed E-state index contributed by atoms with van der Waals surface area (Å²) in [5, 5.41) is 12.7. The van der Waals surface area contributed by atoms with Crippen LogP contribution in [0.2, 0.25) is 0 Å². The van der Waals surface area contributed by atoms with Gasteiger partial charge in [-0.25, -0.2) is 0 Å². The quantitative estimate of drug-likeness (QED) is 0.322. The topological polar surface area (TPSA) is 69.0 Å². The van der Waals surface area contributed by atoms with Crippen LogP contribution in [0.5, 0.6) is 5.75 Å². The molecule has 1 heterocycles. The summed E-state index contributed by atoms with van der Waals surface area (Å²) in [6.07, 6.45) is 4.24. The Morgan fingerprint density at radius 1 is 1.00 bits per heavy atom. The highest BCUT2D eigenvalue weighted by Crippen LogP contribution is 2.31. The molecule has 0 aliphatic heterocycles. The number of anilines is 1. The van der Waals surface area contributed by atoms with Crippen LogP contribution in [0.15, 0.2) is 78.0 Å². The smallest absolute Gasteiger partial charge is 0.234 e. The first-order valence-corrected chi connectivity index (χ1v) is 12.8. The summed E-state index contributed by atoms with van der Waals surface area (Å²) < 4.78 is 7.65. The van der Waals surface area contributed by atoms with E-state index in [-0.39, 0.29) is 11.7 Å². The lowest BCUT2D eigenvalue weighted by atomic mass is 10.1. The highest BCUT2D eigenvalue weighted by molar-refractivity contribution is 7.99. The molecule has 0 unspecified atom stereocenters. The molecule has 35 heavy (non-hydrogen) atoms. The minimum absolute atomic E-state index is 0.0515. The van der Waals surface area contributed by atoms with Crippen molar-refractivity contribution in [1.29, 1.82) is 0 Å². The van der Waals surface area contributed by atoms with Crippen molar-refractivity contribution >= 4 is 23.4 Å². The maximum Gasteiger partial charge on any atom is 0.234 e. The zero-order valence-corrected chi connectivity index (χ0v) is 20.6. The number of nitrogens with zero attached hydrogens (tertiary/aromatic N) is 3. The maximum absolute atomic E-state index is 12.7. The van der Waals surface area contributed by atoms with E-state index in [1.807, 2.05) is 48.5 Å². The van der Waals surface area contributed by atoms with Gasteiger partial charge in [-0.3, -0.25) is 4.79 Å². The van der Waals surface area contributed by atoms with E-state index in [1.165, 1.54) is 34.9 Å². The number of carbonyl (C=O) groups excluding carboxylic acids is 1. The van der Waals surface area contributed by atoms with E-state index in [0.717, 1.165) is 42.1 Å². The van der Waals surface area contributed by atoms with Gasteiger partial charge >= 0.3 is 0 Å². The number of ether oxygens (including phenoxy) is 1. The van der Waals surface area contributed by atoms with Crippen LogP contribution >= 0.6 is 11.8 Å². The summed E-state index contributed by atoms with van der Waals surface area (Å²) in [7, 11) is 1.66. The summed E-state index contributed by atoms with van der Waals surface area (Å²) in [6, 6.07) is 24.4. The van der Waals surface area contributed by atoms with E-state index in [1.54, 1.807) is 7.11 Å². The van der Waals surface area contributed by atoms with Gasteiger partial charge < -0.3 is 14.6 Å². The molecule has 0 saturated carbocycles. The molecule has 0 radical (unpaired) electrons. The lowest BCUT2D eigenvalue weighted by Gasteiger charge is -2.13. The van der Waals surface area contributed by atoms with Gasteiger partial charge in [0.25, 0.3) is 0 Å². The third-order valence-electron chi connectivity index (χ3n) is 6.25. The standard InChI is InChI=1S/C28H28N4O2S/c1-34-25-13-6-5-12-24(25)27-30-31-28(32(27)17-16-20-8-3-2-4-9-20)35-19-26(33)29-23-15-14-21-10-7-11-22(21)18-23/h2-6,8-9,12-15,18H,7,10-11,16-17,19H2,1H3,(H,29,33). The number of hydrogen-bond acceptors (Lipinski definition) is 5. The van der Waals surface area contributed by atoms with E-state index < -0.39 is 0 Å². The van der Waals surface area contributed by atoms with E-state index in [2.05, 4.69) is 44.3 Å². The average Bonchev–Trinajstić information content (AvgIpc) is 3.53. The lowest BCUT2D eigenvalue weighted by molar-refractivity contribution is -0.113.